The first-order chi connectivity index (χ1) is 10.1. The van der Waals surface area contributed by atoms with Gasteiger partial charge in [-0.2, -0.15) is 0 Å². The van der Waals surface area contributed by atoms with Crippen molar-refractivity contribution in [1.82, 2.24) is 9.38 Å². The molecule has 0 amide bonds. The molecule has 0 unspecified atom stereocenters. The summed E-state index contributed by atoms with van der Waals surface area (Å²) in [5.74, 6) is 0.835. The SMILES string of the molecule is COc1ccc(Br)c(NCc2c(C)nc3sc(C)cn23)c1. The van der Waals surface area contributed by atoms with Crippen molar-refractivity contribution in [2.45, 2.75) is 20.4 Å². The van der Waals surface area contributed by atoms with E-state index in [1.54, 1.807) is 18.4 Å². The molecule has 0 atom stereocenters. The lowest BCUT2D eigenvalue weighted by Gasteiger charge is -2.10. The van der Waals surface area contributed by atoms with Gasteiger partial charge in [0.1, 0.15) is 5.75 Å². The number of hydrogen-bond donors (Lipinski definition) is 1. The van der Waals surface area contributed by atoms with Crippen LogP contribution in [-0.2, 0) is 6.54 Å². The van der Waals surface area contributed by atoms with Gasteiger partial charge in [0.2, 0.25) is 0 Å². The Morgan fingerprint density at radius 2 is 2.19 bits per heavy atom. The number of anilines is 1. The third-order valence-electron chi connectivity index (χ3n) is 3.36. The van der Waals surface area contributed by atoms with E-state index < -0.39 is 0 Å². The topological polar surface area (TPSA) is 38.6 Å². The number of thiazole rings is 1. The molecule has 0 radical (unpaired) electrons. The molecular weight excluding hydrogens is 350 g/mol. The zero-order valence-corrected chi connectivity index (χ0v) is 14.5. The van der Waals surface area contributed by atoms with Crippen LogP contribution < -0.4 is 10.1 Å². The minimum atomic E-state index is 0.717. The van der Waals surface area contributed by atoms with E-state index in [0.29, 0.717) is 0 Å². The number of ether oxygens (including phenoxy) is 1. The minimum absolute atomic E-state index is 0.717. The second kappa shape index (κ2) is 5.69. The van der Waals surface area contributed by atoms with Crippen molar-refractivity contribution < 1.29 is 4.74 Å². The Morgan fingerprint density at radius 1 is 1.38 bits per heavy atom. The van der Waals surface area contributed by atoms with Gasteiger partial charge in [-0.1, -0.05) is 0 Å². The molecule has 21 heavy (non-hydrogen) atoms. The van der Waals surface area contributed by atoms with Crippen LogP contribution in [0.25, 0.3) is 4.96 Å². The molecule has 3 aromatic rings. The first kappa shape index (κ1) is 14.4. The summed E-state index contributed by atoms with van der Waals surface area (Å²) in [4.78, 5) is 6.92. The molecule has 3 rings (SSSR count). The minimum Gasteiger partial charge on any atom is -0.497 e. The summed E-state index contributed by atoms with van der Waals surface area (Å²) in [6.45, 7) is 4.87. The fourth-order valence-electron chi connectivity index (χ4n) is 2.27. The van der Waals surface area contributed by atoms with E-state index in [0.717, 1.165) is 33.1 Å². The second-order valence-electron chi connectivity index (χ2n) is 4.84. The van der Waals surface area contributed by atoms with E-state index in [2.05, 4.69) is 43.8 Å². The standard InChI is InChI=1S/C15H16BrN3OS/c1-9-8-19-14(10(2)18-15(19)21-9)7-17-13-6-11(20-3)4-5-12(13)16/h4-6,8,17H,7H2,1-3H3. The van der Waals surface area contributed by atoms with Crippen LogP contribution in [0.3, 0.4) is 0 Å². The monoisotopic (exact) mass is 365 g/mol. The number of halogens is 1. The number of benzene rings is 1. The molecule has 2 aromatic heterocycles. The van der Waals surface area contributed by atoms with Crippen molar-refractivity contribution >= 4 is 37.9 Å². The molecule has 0 aliphatic rings. The van der Waals surface area contributed by atoms with Gasteiger partial charge in [0.15, 0.2) is 4.96 Å². The van der Waals surface area contributed by atoms with Crippen molar-refractivity contribution in [2.75, 3.05) is 12.4 Å². The highest BCUT2D eigenvalue weighted by atomic mass is 79.9. The number of aryl methyl sites for hydroxylation is 2. The maximum Gasteiger partial charge on any atom is 0.194 e. The summed E-state index contributed by atoms with van der Waals surface area (Å²) in [6.07, 6.45) is 2.14. The van der Waals surface area contributed by atoms with Crippen molar-refractivity contribution in [2.24, 2.45) is 0 Å². The summed E-state index contributed by atoms with van der Waals surface area (Å²) >= 11 is 5.27. The molecule has 110 valence electrons. The number of nitrogens with zero attached hydrogens (tertiary/aromatic N) is 2. The summed E-state index contributed by atoms with van der Waals surface area (Å²) < 4.78 is 8.45. The van der Waals surface area contributed by atoms with Crippen molar-refractivity contribution in [3.05, 3.63) is 45.1 Å². The van der Waals surface area contributed by atoms with Crippen molar-refractivity contribution in [3.8, 4) is 5.75 Å². The highest BCUT2D eigenvalue weighted by Crippen LogP contribution is 2.28. The van der Waals surface area contributed by atoms with E-state index >= 15 is 0 Å². The number of aromatic nitrogens is 2. The van der Waals surface area contributed by atoms with E-state index in [1.807, 2.05) is 25.1 Å². The number of fused-ring (bicyclic) bond motifs is 1. The molecule has 4 nitrogen and oxygen atoms in total. The van der Waals surface area contributed by atoms with Gasteiger partial charge in [-0.3, -0.25) is 4.40 Å². The molecule has 0 saturated carbocycles. The summed E-state index contributed by atoms with van der Waals surface area (Å²) in [6, 6.07) is 5.89. The van der Waals surface area contributed by atoms with Gasteiger partial charge >= 0.3 is 0 Å². The fourth-order valence-corrected chi connectivity index (χ4v) is 3.54. The Kier molecular flexibility index (Phi) is 3.91. The second-order valence-corrected chi connectivity index (χ2v) is 6.91. The normalized spacial score (nSPS) is 11.0. The van der Waals surface area contributed by atoms with Gasteiger partial charge in [0.25, 0.3) is 0 Å². The third-order valence-corrected chi connectivity index (χ3v) is 4.95. The van der Waals surface area contributed by atoms with Gasteiger partial charge in [-0.15, -0.1) is 11.3 Å². The number of methoxy groups -OCH3 is 1. The van der Waals surface area contributed by atoms with Crippen LogP contribution in [0.4, 0.5) is 5.69 Å². The zero-order valence-electron chi connectivity index (χ0n) is 12.1. The smallest absolute Gasteiger partial charge is 0.194 e. The van der Waals surface area contributed by atoms with Gasteiger partial charge in [0.05, 0.1) is 30.7 Å². The molecule has 0 saturated heterocycles. The molecule has 0 aliphatic heterocycles. The predicted molar refractivity (Wildman–Crippen MR) is 90.6 cm³/mol. The Bertz CT molecular complexity index is 794. The first-order valence-corrected chi connectivity index (χ1v) is 8.21. The Hall–Kier alpha value is -1.53. The van der Waals surface area contributed by atoms with Crippen LogP contribution in [0, 0.1) is 13.8 Å². The van der Waals surface area contributed by atoms with E-state index in [4.69, 9.17) is 4.74 Å². The van der Waals surface area contributed by atoms with E-state index in [9.17, 15) is 0 Å². The van der Waals surface area contributed by atoms with Crippen LogP contribution >= 0.6 is 27.3 Å². The van der Waals surface area contributed by atoms with Crippen molar-refractivity contribution in [1.29, 1.82) is 0 Å². The number of imidazole rings is 1. The molecule has 1 N–H and O–H groups in total. The number of rotatable bonds is 4. The Balaban J connectivity index is 1.88. The average Bonchev–Trinajstić information content (AvgIpc) is 2.93. The number of hydrogen-bond acceptors (Lipinski definition) is 4. The molecule has 1 aromatic carbocycles. The van der Waals surface area contributed by atoms with Gasteiger partial charge < -0.3 is 10.1 Å². The Labute approximate surface area is 135 Å². The summed E-state index contributed by atoms with van der Waals surface area (Å²) in [5, 5.41) is 3.45. The molecule has 0 spiro atoms. The zero-order chi connectivity index (χ0) is 15.0. The number of nitrogens with one attached hydrogen (secondary N) is 1. The van der Waals surface area contributed by atoms with Crippen LogP contribution in [0.15, 0.2) is 28.9 Å². The fraction of sp³-hybridized carbons (Fsp3) is 0.267. The van der Waals surface area contributed by atoms with Crippen LogP contribution in [-0.4, -0.2) is 16.5 Å². The van der Waals surface area contributed by atoms with Crippen molar-refractivity contribution in [3.63, 3.8) is 0 Å². The molecule has 2 heterocycles. The largest absolute Gasteiger partial charge is 0.497 e. The highest BCUT2D eigenvalue weighted by molar-refractivity contribution is 9.10. The molecular formula is C15H16BrN3OS. The maximum atomic E-state index is 5.27. The Morgan fingerprint density at radius 3 is 2.95 bits per heavy atom. The van der Waals surface area contributed by atoms with Crippen LogP contribution in [0.5, 0.6) is 5.75 Å². The van der Waals surface area contributed by atoms with E-state index in [1.165, 1.54) is 10.6 Å². The predicted octanol–water partition coefficient (Wildman–Crippen LogP) is 4.40. The lowest BCUT2D eigenvalue weighted by molar-refractivity contribution is 0.415. The lowest BCUT2D eigenvalue weighted by Crippen LogP contribution is -2.04. The molecule has 0 fully saturated rings. The summed E-state index contributed by atoms with van der Waals surface area (Å²) in [5.41, 5.74) is 3.26. The summed E-state index contributed by atoms with van der Waals surface area (Å²) in [7, 11) is 1.67. The highest BCUT2D eigenvalue weighted by Gasteiger charge is 2.11. The average molecular weight is 366 g/mol. The molecule has 0 aliphatic carbocycles. The van der Waals surface area contributed by atoms with Gasteiger partial charge in [-0.25, -0.2) is 4.98 Å². The maximum absolute atomic E-state index is 5.27. The lowest BCUT2D eigenvalue weighted by atomic mass is 10.2. The molecule has 6 heteroatoms. The van der Waals surface area contributed by atoms with Gasteiger partial charge in [0, 0.05) is 21.6 Å². The van der Waals surface area contributed by atoms with Crippen LogP contribution in [0.1, 0.15) is 16.3 Å². The van der Waals surface area contributed by atoms with E-state index in [-0.39, 0.29) is 0 Å². The first-order valence-electron chi connectivity index (χ1n) is 6.60. The molecule has 0 bridgehead atoms. The third kappa shape index (κ3) is 2.78. The van der Waals surface area contributed by atoms with Gasteiger partial charge in [-0.05, 0) is 41.9 Å². The quantitative estimate of drug-likeness (QED) is 0.744. The van der Waals surface area contributed by atoms with Crippen LogP contribution in [0.2, 0.25) is 0 Å².